The van der Waals surface area contributed by atoms with Gasteiger partial charge in [0.05, 0.1) is 12.2 Å². The third kappa shape index (κ3) is 3.85. The van der Waals surface area contributed by atoms with Crippen LogP contribution in [-0.2, 0) is 13.6 Å². The second-order valence-corrected chi connectivity index (χ2v) is 4.91. The Balaban J connectivity index is 2.09. The summed E-state index contributed by atoms with van der Waals surface area (Å²) >= 11 is 0. The number of halogens is 1. The molecule has 1 heterocycles. The number of amides is 2. The number of rotatable bonds is 4. The average Bonchev–Trinajstić information content (AvgIpc) is 2.78. The molecular weight excluding hydrogens is 283 g/mol. The summed E-state index contributed by atoms with van der Waals surface area (Å²) in [6.45, 7) is 2.29. The van der Waals surface area contributed by atoms with Crippen molar-refractivity contribution in [2.45, 2.75) is 13.5 Å². The minimum atomic E-state index is -0.328. The van der Waals surface area contributed by atoms with Crippen molar-refractivity contribution in [1.82, 2.24) is 14.7 Å². The summed E-state index contributed by atoms with van der Waals surface area (Å²) in [5.41, 5.74) is 1.60. The maximum absolute atomic E-state index is 12.9. The summed E-state index contributed by atoms with van der Waals surface area (Å²) in [6.07, 6.45) is 5.32. The molecule has 0 aliphatic heterocycles. The second kappa shape index (κ2) is 6.76. The van der Waals surface area contributed by atoms with Gasteiger partial charge in [-0.1, -0.05) is 18.1 Å². The number of aromatic nitrogens is 2. The van der Waals surface area contributed by atoms with E-state index in [1.165, 1.54) is 17.0 Å². The third-order valence-corrected chi connectivity index (χ3v) is 3.09. The molecule has 2 rings (SSSR count). The van der Waals surface area contributed by atoms with E-state index in [0.29, 0.717) is 12.4 Å². The number of terminal acetylenes is 1. The van der Waals surface area contributed by atoms with Gasteiger partial charge in [0.25, 0.3) is 0 Å². The Morgan fingerprint density at radius 1 is 1.45 bits per heavy atom. The van der Waals surface area contributed by atoms with Gasteiger partial charge in [-0.15, -0.1) is 6.42 Å². The van der Waals surface area contributed by atoms with Gasteiger partial charge < -0.3 is 4.90 Å². The van der Waals surface area contributed by atoms with Gasteiger partial charge >= 0.3 is 6.03 Å². The van der Waals surface area contributed by atoms with Crippen molar-refractivity contribution >= 4 is 11.8 Å². The molecule has 0 atom stereocenters. The largest absolute Gasteiger partial charge is 0.324 e. The maximum Gasteiger partial charge on any atom is 0.324 e. The number of carbonyl (C=O) groups is 1. The molecule has 0 fully saturated rings. The Kier molecular flexibility index (Phi) is 4.79. The molecule has 1 aromatic heterocycles. The zero-order valence-electron chi connectivity index (χ0n) is 12.5. The Morgan fingerprint density at radius 2 is 2.14 bits per heavy atom. The summed E-state index contributed by atoms with van der Waals surface area (Å²) < 4.78 is 14.5. The van der Waals surface area contributed by atoms with Crippen LogP contribution in [0.3, 0.4) is 0 Å². The zero-order valence-corrected chi connectivity index (χ0v) is 12.5. The van der Waals surface area contributed by atoms with Crippen LogP contribution in [0.25, 0.3) is 0 Å². The van der Waals surface area contributed by atoms with Gasteiger partial charge in [0.15, 0.2) is 0 Å². The maximum atomic E-state index is 12.9. The summed E-state index contributed by atoms with van der Waals surface area (Å²) in [6, 6.07) is 7.40. The monoisotopic (exact) mass is 300 g/mol. The fraction of sp³-hybridized carbons (Fsp3) is 0.250. The van der Waals surface area contributed by atoms with E-state index >= 15 is 0 Å². The number of benzene rings is 1. The molecule has 0 saturated heterocycles. The van der Waals surface area contributed by atoms with E-state index in [1.54, 1.807) is 29.9 Å². The van der Waals surface area contributed by atoms with E-state index < -0.39 is 0 Å². The van der Waals surface area contributed by atoms with Gasteiger partial charge in [-0.3, -0.25) is 10.00 Å². The molecule has 1 N–H and O–H groups in total. The van der Waals surface area contributed by atoms with Crippen LogP contribution in [0.5, 0.6) is 0 Å². The lowest BCUT2D eigenvalue weighted by atomic mass is 10.2. The Morgan fingerprint density at radius 3 is 2.68 bits per heavy atom. The number of aryl methyl sites for hydroxylation is 2. The molecule has 0 saturated carbocycles. The van der Waals surface area contributed by atoms with Gasteiger partial charge in [-0.2, -0.15) is 5.10 Å². The normalized spacial score (nSPS) is 10.1. The van der Waals surface area contributed by atoms with Crippen molar-refractivity contribution in [3.63, 3.8) is 0 Å². The molecular formula is C16H17FN4O. The van der Waals surface area contributed by atoms with E-state index in [2.05, 4.69) is 16.3 Å². The smallest absolute Gasteiger partial charge is 0.309 e. The topological polar surface area (TPSA) is 50.2 Å². The number of anilines is 1. The fourth-order valence-electron chi connectivity index (χ4n) is 2.04. The van der Waals surface area contributed by atoms with Crippen LogP contribution >= 0.6 is 0 Å². The highest BCUT2D eigenvalue weighted by molar-refractivity contribution is 5.88. The standard InChI is InChI=1S/C16H17FN4O/c1-4-9-21(11-13-5-7-14(17)8-6-13)16(22)18-15-10-12(2)19-20(15)3/h1,5-8,10H,9,11H2,2-3H3,(H,18,22). The number of carbonyl (C=O) groups excluding carboxylic acids is 1. The number of nitrogens with one attached hydrogen (secondary N) is 1. The van der Waals surface area contributed by atoms with Gasteiger partial charge in [0.1, 0.15) is 11.6 Å². The van der Waals surface area contributed by atoms with Gasteiger partial charge in [0.2, 0.25) is 0 Å². The van der Waals surface area contributed by atoms with Crippen LogP contribution in [0, 0.1) is 25.1 Å². The first-order valence-corrected chi connectivity index (χ1v) is 6.74. The first-order chi connectivity index (χ1) is 10.5. The highest BCUT2D eigenvalue weighted by atomic mass is 19.1. The molecule has 0 aliphatic rings. The second-order valence-electron chi connectivity index (χ2n) is 4.91. The van der Waals surface area contributed by atoms with Crippen molar-refractivity contribution in [2.24, 2.45) is 7.05 Å². The average molecular weight is 300 g/mol. The van der Waals surface area contributed by atoms with Crippen LogP contribution < -0.4 is 5.32 Å². The van der Waals surface area contributed by atoms with Crippen LogP contribution in [0.1, 0.15) is 11.3 Å². The van der Waals surface area contributed by atoms with Gasteiger partial charge in [-0.25, -0.2) is 9.18 Å². The molecule has 0 unspecified atom stereocenters. The van der Waals surface area contributed by atoms with Crippen molar-refractivity contribution in [2.75, 3.05) is 11.9 Å². The molecule has 114 valence electrons. The Bertz CT molecular complexity index is 700. The molecule has 0 radical (unpaired) electrons. The number of nitrogens with zero attached hydrogens (tertiary/aromatic N) is 3. The molecule has 1 aromatic carbocycles. The molecule has 5 nitrogen and oxygen atoms in total. The Labute approximate surface area is 128 Å². The quantitative estimate of drug-likeness (QED) is 0.882. The van der Waals surface area contributed by atoms with Gasteiger partial charge in [-0.05, 0) is 24.6 Å². The van der Waals surface area contributed by atoms with Gasteiger partial charge in [0, 0.05) is 19.7 Å². The van der Waals surface area contributed by atoms with E-state index in [1.807, 2.05) is 6.92 Å². The first-order valence-electron chi connectivity index (χ1n) is 6.74. The highest BCUT2D eigenvalue weighted by Gasteiger charge is 2.15. The summed E-state index contributed by atoms with van der Waals surface area (Å²) in [4.78, 5) is 13.8. The minimum absolute atomic E-state index is 0.153. The molecule has 2 amide bonds. The highest BCUT2D eigenvalue weighted by Crippen LogP contribution is 2.11. The van der Waals surface area contributed by atoms with Crippen molar-refractivity contribution in [3.8, 4) is 12.3 Å². The molecule has 0 bridgehead atoms. The molecule has 6 heteroatoms. The lowest BCUT2D eigenvalue weighted by Crippen LogP contribution is -2.35. The molecule has 0 spiro atoms. The lowest BCUT2D eigenvalue weighted by molar-refractivity contribution is 0.215. The zero-order chi connectivity index (χ0) is 16.1. The third-order valence-electron chi connectivity index (χ3n) is 3.09. The van der Waals surface area contributed by atoms with E-state index in [4.69, 9.17) is 6.42 Å². The van der Waals surface area contributed by atoms with Crippen LogP contribution in [0.15, 0.2) is 30.3 Å². The predicted octanol–water partition coefficient (Wildman–Crippen LogP) is 2.53. The number of hydrogen-bond acceptors (Lipinski definition) is 2. The van der Waals surface area contributed by atoms with Crippen molar-refractivity contribution in [3.05, 3.63) is 47.4 Å². The van der Waals surface area contributed by atoms with Crippen LogP contribution in [0.4, 0.5) is 15.0 Å². The Hall–Kier alpha value is -2.81. The lowest BCUT2D eigenvalue weighted by Gasteiger charge is -2.20. The summed E-state index contributed by atoms with van der Waals surface area (Å²) in [7, 11) is 1.74. The van der Waals surface area contributed by atoms with Crippen molar-refractivity contribution in [1.29, 1.82) is 0 Å². The fourth-order valence-corrected chi connectivity index (χ4v) is 2.04. The molecule has 0 aliphatic carbocycles. The van der Waals surface area contributed by atoms with Crippen LogP contribution in [0.2, 0.25) is 0 Å². The minimum Gasteiger partial charge on any atom is -0.309 e. The number of hydrogen-bond donors (Lipinski definition) is 1. The van der Waals surface area contributed by atoms with Crippen molar-refractivity contribution < 1.29 is 9.18 Å². The van der Waals surface area contributed by atoms with E-state index in [0.717, 1.165) is 11.3 Å². The summed E-state index contributed by atoms with van der Waals surface area (Å²) in [5.74, 6) is 2.72. The number of urea groups is 1. The van der Waals surface area contributed by atoms with Crippen LogP contribution in [-0.4, -0.2) is 27.3 Å². The SMILES string of the molecule is C#CCN(Cc1ccc(F)cc1)C(=O)Nc1cc(C)nn1C. The first kappa shape index (κ1) is 15.6. The van der Waals surface area contributed by atoms with E-state index in [-0.39, 0.29) is 18.4 Å². The van der Waals surface area contributed by atoms with E-state index in [9.17, 15) is 9.18 Å². The summed E-state index contributed by atoms with van der Waals surface area (Å²) in [5, 5.41) is 6.93. The predicted molar refractivity (Wildman–Crippen MR) is 82.6 cm³/mol. The molecule has 2 aromatic rings. The molecule has 22 heavy (non-hydrogen) atoms.